The van der Waals surface area contributed by atoms with Gasteiger partial charge in [0.1, 0.15) is 0 Å². The first-order chi connectivity index (χ1) is 9.20. The van der Waals surface area contributed by atoms with Gasteiger partial charge in [0, 0.05) is 15.8 Å². The molecular formula is C17H18BrCl. The van der Waals surface area contributed by atoms with Crippen molar-refractivity contribution >= 4 is 27.5 Å². The van der Waals surface area contributed by atoms with Gasteiger partial charge in [0.15, 0.2) is 0 Å². The van der Waals surface area contributed by atoms with Crippen LogP contribution in [0.15, 0.2) is 54.6 Å². The predicted octanol–water partition coefficient (Wildman–Crippen LogP) is 5.63. The van der Waals surface area contributed by atoms with Crippen LogP contribution in [0.3, 0.4) is 0 Å². The molecule has 0 saturated heterocycles. The Labute approximate surface area is 128 Å². The molecule has 2 heteroatoms. The molecule has 0 N–H and O–H groups in total. The minimum Gasteiger partial charge on any atom is -0.0918 e. The van der Waals surface area contributed by atoms with Crippen molar-refractivity contribution in [2.75, 3.05) is 5.33 Å². The molecule has 0 aliphatic heterocycles. The molecule has 0 bridgehead atoms. The monoisotopic (exact) mass is 336 g/mol. The summed E-state index contributed by atoms with van der Waals surface area (Å²) in [5, 5.41) is 1.76. The standard InChI is InChI=1S/C17H18BrCl/c1-2-17(13-18,15-6-4-3-5-7-15)12-14-8-10-16(19)11-9-14/h3-11H,2,12-13H2,1H3. The van der Waals surface area contributed by atoms with Crippen molar-refractivity contribution in [3.63, 3.8) is 0 Å². The molecular weight excluding hydrogens is 320 g/mol. The molecule has 0 saturated carbocycles. The van der Waals surface area contributed by atoms with Gasteiger partial charge in [-0.15, -0.1) is 0 Å². The first-order valence-corrected chi connectivity index (χ1v) is 8.06. The molecule has 0 spiro atoms. The molecule has 0 fully saturated rings. The lowest BCUT2D eigenvalue weighted by Gasteiger charge is -2.32. The second-order valence-electron chi connectivity index (χ2n) is 4.94. The lowest BCUT2D eigenvalue weighted by molar-refractivity contribution is 0.464. The minimum absolute atomic E-state index is 0.148. The highest BCUT2D eigenvalue weighted by Gasteiger charge is 2.29. The van der Waals surface area contributed by atoms with Gasteiger partial charge in [-0.1, -0.05) is 76.9 Å². The molecule has 1 unspecified atom stereocenters. The second-order valence-corrected chi connectivity index (χ2v) is 5.93. The number of alkyl halides is 1. The summed E-state index contributed by atoms with van der Waals surface area (Å²) in [7, 11) is 0. The molecule has 2 rings (SSSR count). The van der Waals surface area contributed by atoms with E-state index in [4.69, 9.17) is 11.6 Å². The highest BCUT2D eigenvalue weighted by Crippen LogP contribution is 2.34. The van der Waals surface area contributed by atoms with Crippen LogP contribution in [0.25, 0.3) is 0 Å². The van der Waals surface area contributed by atoms with Gasteiger partial charge in [-0.3, -0.25) is 0 Å². The quantitative estimate of drug-likeness (QED) is 0.621. The van der Waals surface area contributed by atoms with E-state index in [2.05, 4.69) is 65.3 Å². The molecule has 100 valence electrons. The summed E-state index contributed by atoms with van der Waals surface area (Å²) in [5.74, 6) is 0. The van der Waals surface area contributed by atoms with Crippen LogP contribution >= 0.6 is 27.5 Å². The molecule has 0 aromatic heterocycles. The van der Waals surface area contributed by atoms with Gasteiger partial charge in [0.05, 0.1) is 0 Å². The van der Waals surface area contributed by atoms with E-state index in [1.54, 1.807) is 0 Å². The molecule has 0 nitrogen and oxygen atoms in total. The van der Waals surface area contributed by atoms with E-state index in [1.165, 1.54) is 11.1 Å². The van der Waals surface area contributed by atoms with Crippen molar-refractivity contribution in [1.82, 2.24) is 0 Å². The zero-order valence-electron chi connectivity index (χ0n) is 11.1. The smallest absolute Gasteiger partial charge is 0.0406 e. The van der Waals surface area contributed by atoms with Gasteiger partial charge in [0.25, 0.3) is 0 Å². The highest BCUT2D eigenvalue weighted by molar-refractivity contribution is 9.09. The summed E-state index contributed by atoms with van der Waals surface area (Å²) in [4.78, 5) is 0. The summed E-state index contributed by atoms with van der Waals surface area (Å²) < 4.78 is 0. The van der Waals surface area contributed by atoms with E-state index in [-0.39, 0.29) is 5.41 Å². The minimum atomic E-state index is 0.148. The van der Waals surface area contributed by atoms with E-state index < -0.39 is 0 Å². The zero-order valence-corrected chi connectivity index (χ0v) is 13.4. The van der Waals surface area contributed by atoms with Gasteiger partial charge >= 0.3 is 0 Å². The van der Waals surface area contributed by atoms with Crippen LogP contribution in [0, 0.1) is 0 Å². The average molecular weight is 338 g/mol. The third-order valence-electron chi connectivity index (χ3n) is 3.77. The topological polar surface area (TPSA) is 0 Å². The van der Waals surface area contributed by atoms with Crippen LogP contribution in [0.2, 0.25) is 5.02 Å². The zero-order chi connectivity index (χ0) is 13.7. The average Bonchev–Trinajstić information content (AvgIpc) is 2.48. The Morgan fingerprint density at radius 3 is 2.16 bits per heavy atom. The molecule has 0 radical (unpaired) electrons. The number of rotatable bonds is 5. The van der Waals surface area contributed by atoms with Crippen LogP contribution in [0.4, 0.5) is 0 Å². The Balaban J connectivity index is 2.32. The summed E-state index contributed by atoms with van der Waals surface area (Å²) in [6, 6.07) is 18.9. The van der Waals surface area contributed by atoms with Crippen LogP contribution in [-0.2, 0) is 11.8 Å². The highest BCUT2D eigenvalue weighted by atomic mass is 79.9. The predicted molar refractivity (Wildman–Crippen MR) is 87.4 cm³/mol. The maximum absolute atomic E-state index is 5.96. The van der Waals surface area contributed by atoms with Crippen molar-refractivity contribution in [1.29, 1.82) is 0 Å². The maximum Gasteiger partial charge on any atom is 0.0406 e. The van der Waals surface area contributed by atoms with E-state index >= 15 is 0 Å². The first kappa shape index (κ1) is 14.6. The molecule has 0 heterocycles. The van der Waals surface area contributed by atoms with Gasteiger partial charge in [0.2, 0.25) is 0 Å². The lowest BCUT2D eigenvalue weighted by Crippen LogP contribution is -2.30. The third-order valence-corrected chi connectivity index (χ3v) is 5.10. The molecule has 1 atom stereocenters. The number of hydrogen-bond donors (Lipinski definition) is 0. The van der Waals surface area contributed by atoms with Crippen molar-refractivity contribution in [2.24, 2.45) is 0 Å². The molecule has 0 amide bonds. The van der Waals surface area contributed by atoms with Crippen LogP contribution in [-0.4, -0.2) is 5.33 Å². The Bertz CT molecular complexity index is 501. The molecule has 2 aromatic rings. The fourth-order valence-electron chi connectivity index (χ4n) is 2.43. The van der Waals surface area contributed by atoms with E-state index in [1.807, 2.05) is 12.1 Å². The Morgan fingerprint density at radius 1 is 1.00 bits per heavy atom. The SMILES string of the molecule is CCC(CBr)(Cc1ccc(Cl)cc1)c1ccccc1. The number of benzene rings is 2. The molecule has 2 aromatic carbocycles. The van der Waals surface area contributed by atoms with Gasteiger partial charge in [-0.2, -0.15) is 0 Å². The lowest BCUT2D eigenvalue weighted by atomic mass is 9.75. The summed E-state index contributed by atoms with van der Waals surface area (Å²) in [6.45, 7) is 2.25. The Morgan fingerprint density at radius 2 is 1.63 bits per heavy atom. The summed E-state index contributed by atoms with van der Waals surface area (Å²) in [5.41, 5.74) is 2.87. The van der Waals surface area contributed by atoms with Crippen molar-refractivity contribution in [3.05, 3.63) is 70.7 Å². The fourth-order valence-corrected chi connectivity index (χ4v) is 3.48. The largest absolute Gasteiger partial charge is 0.0918 e. The van der Waals surface area contributed by atoms with Gasteiger partial charge < -0.3 is 0 Å². The van der Waals surface area contributed by atoms with Crippen LogP contribution in [0.1, 0.15) is 24.5 Å². The van der Waals surface area contributed by atoms with Gasteiger partial charge in [-0.25, -0.2) is 0 Å². The van der Waals surface area contributed by atoms with Crippen molar-refractivity contribution < 1.29 is 0 Å². The van der Waals surface area contributed by atoms with E-state index in [9.17, 15) is 0 Å². The van der Waals surface area contributed by atoms with Gasteiger partial charge in [-0.05, 0) is 36.1 Å². The van der Waals surface area contributed by atoms with Crippen molar-refractivity contribution in [2.45, 2.75) is 25.2 Å². The number of halogens is 2. The summed E-state index contributed by atoms with van der Waals surface area (Å²) in [6.07, 6.45) is 2.13. The maximum atomic E-state index is 5.96. The van der Waals surface area contributed by atoms with E-state index in [0.717, 1.165) is 23.2 Å². The second kappa shape index (κ2) is 6.58. The Kier molecular flexibility index (Phi) is 5.06. The first-order valence-electron chi connectivity index (χ1n) is 6.56. The van der Waals surface area contributed by atoms with Crippen LogP contribution < -0.4 is 0 Å². The third kappa shape index (κ3) is 3.40. The summed E-state index contributed by atoms with van der Waals surface area (Å²) >= 11 is 9.67. The number of hydrogen-bond acceptors (Lipinski definition) is 0. The molecule has 0 aliphatic rings. The normalized spacial score (nSPS) is 14.1. The van der Waals surface area contributed by atoms with E-state index in [0.29, 0.717) is 0 Å². The van der Waals surface area contributed by atoms with Crippen molar-refractivity contribution in [3.8, 4) is 0 Å². The molecule has 0 aliphatic carbocycles. The Hall–Kier alpha value is -0.790. The molecule has 19 heavy (non-hydrogen) atoms. The fraction of sp³-hybridized carbons (Fsp3) is 0.294. The van der Waals surface area contributed by atoms with Crippen LogP contribution in [0.5, 0.6) is 0 Å².